The third-order valence-corrected chi connectivity index (χ3v) is 3.11. The summed E-state index contributed by atoms with van der Waals surface area (Å²) >= 11 is 0. The van der Waals surface area contributed by atoms with E-state index in [0.717, 1.165) is 5.69 Å². The van der Waals surface area contributed by atoms with E-state index in [-0.39, 0.29) is 12.5 Å². The molecular weight excluding hydrogens is 278 g/mol. The molecule has 22 heavy (non-hydrogen) atoms. The summed E-state index contributed by atoms with van der Waals surface area (Å²) in [7, 11) is 1.55. The van der Waals surface area contributed by atoms with Crippen LogP contribution in [0.15, 0.2) is 54.6 Å². The van der Waals surface area contributed by atoms with Gasteiger partial charge >= 0.3 is 6.03 Å². The van der Waals surface area contributed by atoms with Crippen molar-refractivity contribution in [1.82, 2.24) is 0 Å². The number of benzene rings is 2. The van der Waals surface area contributed by atoms with E-state index in [2.05, 4.69) is 11.4 Å². The Kier molecular flexibility index (Phi) is 5.38. The van der Waals surface area contributed by atoms with Crippen LogP contribution >= 0.6 is 0 Å². The molecule has 5 nitrogen and oxygen atoms in total. The molecule has 0 heterocycles. The van der Waals surface area contributed by atoms with E-state index in [0.29, 0.717) is 18.0 Å². The molecule has 2 aromatic carbocycles. The molecule has 0 aliphatic heterocycles. The van der Waals surface area contributed by atoms with Gasteiger partial charge in [0.15, 0.2) is 0 Å². The van der Waals surface area contributed by atoms with Crippen LogP contribution in [-0.2, 0) is 0 Å². The van der Waals surface area contributed by atoms with Gasteiger partial charge in [0.05, 0.1) is 25.3 Å². The average molecular weight is 295 g/mol. The Balaban J connectivity index is 2.21. The topological polar surface area (TPSA) is 65.4 Å². The highest BCUT2D eigenvalue weighted by molar-refractivity contribution is 6.02. The fourth-order valence-corrected chi connectivity index (χ4v) is 2.05. The van der Waals surface area contributed by atoms with Crippen molar-refractivity contribution in [2.45, 2.75) is 6.42 Å². The molecule has 0 spiro atoms. The van der Waals surface area contributed by atoms with E-state index in [1.807, 2.05) is 42.5 Å². The van der Waals surface area contributed by atoms with Gasteiger partial charge < -0.3 is 10.1 Å². The highest BCUT2D eigenvalue weighted by Gasteiger charge is 2.16. The molecule has 0 atom stereocenters. The Bertz CT molecular complexity index is 665. The van der Waals surface area contributed by atoms with Crippen LogP contribution in [-0.4, -0.2) is 19.7 Å². The molecule has 0 aliphatic carbocycles. The summed E-state index contributed by atoms with van der Waals surface area (Å²) in [6.07, 6.45) is 0.258. The van der Waals surface area contributed by atoms with E-state index in [9.17, 15) is 4.79 Å². The second-order valence-corrected chi connectivity index (χ2v) is 4.53. The predicted molar refractivity (Wildman–Crippen MR) is 86.0 cm³/mol. The molecule has 2 aromatic rings. The second-order valence-electron chi connectivity index (χ2n) is 4.53. The van der Waals surface area contributed by atoms with Crippen molar-refractivity contribution in [3.05, 3.63) is 54.6 Å². The zero-order valence-corrected chi connectivity index (χ0v) is 12.3. The molecule has 112 valence electrons. The number of nitriles is 1. The Labute approximate surface area is 129 Å². The molecular formula is C17H17N3O2. The SMILES string of the molecule is COc1ccccc1NC(=O)N(CCC#N)c1ccccc1. The number of hydrogen-bond donors (Lipinski definition) is 1. The molecule has 0 saturated heterocycles. The lowest BCUT2D eigenvalue weighted by Gasteiger charge is -2.22. The molecule has 1 N–H and O–H groups in total. The fraction of sp³-hybridized carbons (Fsp3) is 0.176. The lowest BCUT2D eigenvalue weighted by Crippen LogP contribution is -2.35. The standard InChI is InChI=1S/C17H17N3O2/c1-22-16-11-6-5-10-15(16)19-17(21)20(13-7-12-18)14-8-3-2-4-9-14/h2-6,8-11H,7,13H2,1H3,(H,19,21). The fourth-order valence-electron chi connectivity index (χ4n) is 2.05. The van der Waals surface area contributed by atoms with E-state index >= 15 is 0 Å². The van der Waals surface area contributed by atoms with Gasteiger partial charge in [0.25, 0.3) is 0 Å². The van der Waals surface area contributed by atoms with E-state index in [1.54, 1.807) is 19.2 Å². The monoisotopic (exact) mass is 295 g/mol. The van der Waals surface area contributed by atoms with Crippen LogP contribution in [0.1, 0.15) is 6.42 Å². The number of rotatable bonds is 5. The number of nitrogens with one attached hydrogen (secondary N) is 1. The number of carbonyl (C=O) groups excluding carboxylic acids is 1. The van der Waals surface area contributed by atoms with Crippen LogP contribution in [0, 0.1) is 11.3 Å². The van der Waals surface area contributed by atoms with Crippen LogP contribution in [0.4, 0.5) is 16.2 Å². The van der Waals surface area contributed by atoms with Crippen molar-refractivity contribution in [2.75, 3.05) is 23.9 Å². The maximum atomic E-state index is 12.5. The number of para-hydroxylation sites is 3. The highest BCUT2D eigenvalue weighted by atomic mass is 16.5. The highest BCUT2D eigenvalue weighted by Crippen LogP contribution is 2.24. The molecule has 0 bridgehead atoms. The summed E-state index contributed by atoms with van der Waals surface area (Å²) in [5.41, 5.74) is 1.33. The first kappa shape index (κ1) is 15.4. The molecule has 2 amide bonds. The van der Waals surface area contributed by atoms with E-state index in [4.69, 9.17) is 10.00 Å². The molecule has 5 heteroatoms. The van der Waals surface area contributed by atoms with Gasteiger partial charge in [-0.2, -0.15) is 5.26 Å². The van der Waals surface area contributed by atoms with E-state index in [1.165, 1.54) is 4.90 Å². The van der Waals surface area contributed by atoms with Gasteiger partial charge in [-0.05, 0) is 24.3 Å². The first-order valence-electron chi connectivity index (χ1n) is 6.90. The van der Waals surface area contributed by atoms with Gasteiger partial charge in [-0.25, -0.2) is 4.79 Å². The summed E-state index contributed by atoms with van der Waals surface area (Å²) in [6, 6.07) is 18.2. The summed E-state index contributed by atoms with van der Waals surface area (Å²) in [4.78, 5) is 14.1. The zero-order valence-electron chi connectivity index (χ0n) is 12.3. The van der Waals surface area contributed by atoms with Gasteiger partial charge in [-0.15, -0.1) is 0 Å². The van der Waals surface area contributed by atoms with Gasteiger partial charge in [0.2, 0.25) is 0 Å². The lowest BCUT2D eigenvalue weighted by atomic mass is 10.2. The number of amides is 2. The number of hydrogen-bond acceptors (Lipinski definition) is 3. The largest absolute Gasteiger partial charge is 0.495 e. The van der Waals surface area contributed by atoms with Crippen molar-refractivity contribution in [2.24, 2.45) is 0 Å². The smallest absolute Gasteiger partial charge is 0.326 e. The summed E-state index contributed by atoms with van der Waals surface area (Å²) < 4.78 is 5.23. The molecule has 0 saturated carbocycles. The molecule has 0 aromatic heterocycles. The van der Waals surface area contributed by atoms with Crippen LogP contribution in [0.3, 0.4) is 0 Å². The van der Waals surface area contributed by atoms with Gasteiger partial charge in [0, 0.05) is 12.2 Å². The lowest BCUT2D eigenvalue weighted by molar-refractivity contribution is 0.257. The summed E-state index contributed by atoms with van der Waals surface area (Å²) in [5.74, 6) is 0.587. The van der Waals surface area contributed by atoms with Crippen molar-refractivity contribution in [1.29, 1.82) is 5.26 Å². The maximum absolute atomic E-state index is 12.5. The van der Waals surface area contributed by atoms with Crippen molar-refractivity contribution >= 4 is 17.4 Å². The molecule has 0 fully saturated rings. The first-order chi connectivity index (χ1) is 10.8. The quantitative estimate of drug-likeness (QED) is 0.915. The Morgan fingerprint density at radius 1 is 1.18 bits per heavy atom. The average Bonchev–Trinajstić information content (AvgIpc) is 2.56. The minimum absolute atomic E-state index is 0.258. The van der Waals surface area contributed by atoms with Crippen LogP contribution in [0.2, 0.25) is 0 Å². The number of ether oxygens (including phenoxy) is 1. The van der Waals surface area contributed by atoms with Gasteiger partial charge in [-0.3, -0.25) is 4.90 Å². The second kappa shape index (κ2) is 7.70. The van der Waals surface area contributed by atoms with Crippen molar-refractivity contribution in [3.63, 3.8) is 0 Å². The maximum Gasteiger partial charge on any atom is 0.326 e. The number of anilines is 2. The summed E-state index contributed by atoms with van der Waals surface area (Å²) in [5, 5.41) is 11.6. The Morgan fingerprint density at radius 2 is 1.86 bits per heavy atom. The normalized spacial score (nSPS) is 9.64. The third kappa shape index (κ3) is 3.76. The van der Waals surface area contributed by atoms with Crippen molar-refractivity contribution < 1.29 is 9.53 Å². The number of methoxy groups -OCH3 is 1. The van der Waals surface area contributed by atoms with Gasteiger partial charge in [-0.1, -0.05) is 30.3 Å². The first-order valence-corrected chi connectivity index (χ1v) is 6.90. The number of nitrogens with zero attached hydrogens (tertiary/aromatic N) is 2. The number of carbonyl (C=O) groups is 1. The van der Waals surface area contributed by atoms with Crippen LogP contribution in [0.5, 0.6) is 5.75 Å². The van der Waals surface area contributed by atoms with Crippen molar-refractivity contribution in [3.8, 4) is 11.8 Å². The zero-order chi connectivity index (χ0) is 15.8. The Morgan fingerprint density at radius 3 is 2.55 bits per heavy atom. The molecule has 2 rings (SSSR count). The minimum Gasteiger partial charge on any atom is -0.495 e. The minimum atomic E-state index is -0.300. The molecule has 0 radical (unpaired) electrons. The molecule has 0 unspecified atom stereocenters. The predicted octanol–water partition coefficient (Wildman–Crippen LogP) is 3.65. The van der Waals surface area contributed by atoms with Gasteiger partial charge in [0.1, 0.15) is 5.75 Å². The Hall–Kier alpha value is -3.00. The van der Waals surface area contributed by atoms with Crippen LogP contribution < -0.4 is 15.0 Å². The van der Waals surface area contributed by atoms with Crippen LogP contribution in [0.25, 0.3) is 0 Å². The third-order valence-electron chi connectivity index (χ3n) is 3.11. The number of urea groups is 1. The van der Waals surface area contributed by atoms with E-state index < -0.39 is 0 Å². The molecule has 0 aliphatic rings. The summed E-state index contributed by atoms with van der Waals surface area (Å²) in [6.45, 7) is 0.321.